The van der Waals surface area contributed by atoms with Crippen molar-refractivity contribution in [1.29, 1.82) is 0 Å². The van der Waals surface area contributed by atoms with E-state index in [1.165, 1.54) is 0 Å². The van der Waals surface area contributed by atoms with Gasteiger partial charge in [0.15, 0.2) is 0 Å². The smallest absolute Gasteiger partial charge is 0.214 e. The second kappa shape index (κ2) is 5.66. The maximum Gasteiger partial charge on any atom is 0.214 e. The van der Waals surface area contributed by atoms with E-state index < -0.39 is 5.79 Å². The lowest BCUT2D eigenvalue weighted by molar-refractivity contribution is -0.226. The molecular formula is C18H18N2O3. The van der Waals surface area contributed by atoms with Gasteiger partial charge in [-0.15, -0.1) is 0 Å². The van der Waals surface area contributed by atoms with Crippen LogP contribution in [-0.2, 0) is 16.1 Å². The van der Waals surface area contributed by atoms with Gasteiger partial charge in [-0.3, -0.25) is 9.78 Å². The summed E-state index contributed by atoms with van der Waals surface area (Å²) in [4.78, 5) is 16.7. The summed E-state index contributed by atoms with van der Waals surface area (Å²) in [5, 5.41) is 0. The Morgan fingerprint density at radius 2 is 1.87 bits per heavy atom. The van der Waals surface area contributed by atoms with Crippen LogP contribution >= 0.6 is 0 Å². The molecule has 1 aromatic carbocycles. The van der Waals surface area contributed by atoms with Gasteiger partial charge in [-0.2, -0.15) is 0 Å². The third-order valence-corrected chi connectivity index (χ3v) is 4.57. The summed E-state index contributed by atoms with van der Waals surface area (Å²) in [6.45, 7) is 1.89. The average molecular weight is 310 g/mol. The first-order valence-electron chi connectivity index (χ1n) is 7.84. The molecule has 2 aromatic rings. The van der Waals surface area contributed by atoms with Gasteiger partial charge in [0, 0.05) is 43.9 Å². The molecule has 23 heavy (non-hydrogen) atoms. The molecule has 4 rings (SSSR count). The highest BCUT2D eigenvalue weighted by molar-refractivity contribution is 5.65. The van der Waals surface area contributed by atoms with Crippen molar-refractivity contribution >= 4 is 6.41 Å². The molecule has 1 aromatic heterocycles. The van der Waals surface area contributed by atoms with E-state index in [0.29, 0.717) is 32.5 Å². The number of hydrogen-bond donors (Lipinski definition) is 0. The molecule has 0 aliphatic carbocycles. The van der Waals surface area contributed by atoms with Crippen LogP contribution in [0.15, 0.2) is 42.7 Å². The molecule has 0 atom stereocenters. The lowest BCUT2D eigenvalue weighted by Gasteiger charge is -2.43. The first-order valence-corrected chi connectivity index (χ1v) is 7.84. The standard InChI is InChI=1S/C18H18N2O3/c21-13-20-9-5-18(6-10-20)22-12-16-11-15(1-2-17(16)23-18)14-3-7-19-8-4-14/h1-4,7-8,11,13H,5-6,9-10,12H2. The summed E-state index contributed by atoms with van der Waals surface area (Å²) in [5.41, 5.74) is 3.32. The summed E-state index contributed by atoms with van der Waals surface area (Å²) in [6, 6.07) is 10.2. The number of rotatable bonds is 2. The number of likely N-dealkylation sites (tertiary alicyclic amines) is 1. The summed E-state index contributed by atoms with van der Waals surface area (Å²) < 4.78 is 12.2. The van der Waals surface area contributed by atoms with Gasteiger partial charge in [-0.05, 0) is 35.4 Å². The van der Waals surface area contributed by atoms with E-state index in [1.807, 2.05) is 18.2 Å². The highest BCUT2D eigenvalue weighted by Crippen LogP contribution is 2.38. The second-order valence-corrected chi connectivity index (χ2v) is 6.00. The van der Waals surface area contributed by atoms with Crippen LogP contribution in [0.2, 0.25) is 0 Å². The number of piperidine rings is 1. The van der Waals surface area contributed by atoms with Crippen LogP contribution in [0.3, 0.4) is 0 Å². The van der Waals surface area contributed by atoms with Crippen LogP contribution in [0.5, 0.6) is 5.75 Å². The predicted octanol–water partition coefficient (Wildman–Crippen LogP) is 2.61. The van der Waals surface area contributed by atoms with Crippen molar-refractivity contribution in [3.05, 3.63) is 48.3 Å². The van der Waals surface area contributed by atoms with Crippen molar-refractivity contribution in [1.82, 2.24) is 9.88 Å². The number of pyridine rings is 1. The molecule has 2 aliphatic heterocycles. The number of carbonyl (C=O) groups is 1. The Kier molecular flexibility index (Phi) is 3.50. The van der Waals surface area contributed by atoms with Crippen LogP contribution < -0.4 is 4.74 Å². The van der Waals surface area contributed by atoms with Gasteiger partial charge in [0.05, 0.1) is 6.61 Å². The largest absolute Gasteiger partial charge is 0.462 e. The van der Waals surface area contributed by atoms with Crippen molar-refractivity contribution in [3.8, 4) is 16.9 Å². The van der Waals surface area contributed by atoms with Crippen molar-refractivity contribution in [2.24, 2.45) is 0 Å². The van der Waals surface area contributed by atoms with Gasteiger partial charge < -0.3 is 14.4 Å². The van der Waals surface area contributed by atoms with Crippen LogP contribution in [0.25, 0.3) is 11.1 Å². The Morgan fingerprint density at radius 3 is 2.61 bits per heavy atom. The summed E-state index contributed by atoms with van der Waals surface area (Å²) in [5.74, 6) is 0.304. The topological polar surface area (TPSA) is 51.7 Å². The first-order chi connectivity index (χ1) is 11.3. The zero-order chi connectivity index (χ0) is 15.7. The van der Waals surface area contributed by atoms with Gasteiger partial charge >= 0.3 is 0 Å². The fraction of sp³-hybridized carbons (Fsp3) is 0.333. The Hall–Kier alpha value is -2.40. The number of amides is 1. The number of aromatic nitrogens is 1. The Morgan fingerprint density at radius 1 is 1.09 bits per heavy atom. The van der Waals surface area contributed by atoms with Gasteiger partial charge in [-0.1, -0.05) is 6.07 Å². The zero-order valence-corrected chi connectivity index (χ0v) is 12.8. The summed E-state index contributed by atoms with van der Waals surface area (Å²) in [6.07, 6.45) is 5.88. The molecule has 0 saturated carbocycles. The predicted molar refractivity (Wildman–Crippen MR) is 84.7 cm³/mol. The van der Waals surface area contributed by atoms with Crippen LogP contribution in [0.4, 0.5) is 0 Å². The maximum atomic E-state index is 10.8. The van der Waals surface area contributed by atoms with E-state index in [9.17, 15) is 4.79 Å². The monoisotopic (exact) mass is 310 g/mol. The lowest BCUT2D eigenvalue weighted by atomic mass is 9.99. The molecule has 1 saturated heterocycles. The molecule has 118 valence electrons. The molecule has 1 spiro atoms. The SMILES string of the molecule is O=CN1CCC2(CC1)OCc1cc(-c3ccncc3)ccc1O2. The maximum absolute atomic E-state index is 10.8. The molecule has 1 amide bonds. The number of carbonyl (C=O) groups excluding carboxylic acids is 1. The van der Waals surface area contributed by atoms with Crippen molar-refractivity contribution in [2.75, 3.05) is 13.1 Å². The fourth-order valence-electron chi connectivity index (χ4n) is 3.17. The Balaban J connectivity index is 1.56. The summed E-state index contributed by atoms with van der Waals surface area (Å²) >= 11 is 0. The minimum absolute atomic E-state index is 0.537. The molecule has 5 nitrogen and oxygen atoms in total. The summed E-state index contributed by atoms with van der Waals surface area (Å²) in [7, 11) is 0. The molecule has 1 fully saturated rings. The van der Waals surface area contributed by atoms with E-state index in [-0.39, 0.29) is 0 Å². The van der Waals surface area contributed by atoms with Gasteiger partial charge in [-0.25, -0.2) is 0 Å². The Labute approximate surface area is 134 Å². The number of fused-ring (bicyclic) bond motifs is 1. The quantitative estimate of drug-likeness (QED) is 0.800. The highest BCUT2D eigenvalue weighted by atomic mass is 16.7. The normalized spacial score (nSPS) is 19.0. The second-order valence-electron chi connectivity index (χ2n) is 6.00. The molecule has 5 heteroatoms. The lowest BCUT2D eigenvalue weighted by Crippen LogP contribution is -2.50. The third-order valence-electron chi connectivity index (χ3n) is 4.57. The van der Waals surface area contributed by atoms with E-state index >= 15 is 0 Å². The van der Waals surface area contributed by atoms with Gasteiger partial charge in [0.1, 0.15) is 5.75 Å². The highest BCUT2D eigenvalue weighted by Gasteiger charge is 2.40. The number of hydrogen-bond acceptors (Lipinski definition) is 4. The average Bonchev–Trinajstić information content (AvgIpc) is 2.63. The number of ether oxygens (including phenoxy) is 2. The van der Waals surface area contributed by atoms with E-state index in [2.05, 4.69) is 17.1 Å². The fourth-order valence-corrected chi connectivity index (χ4v) is 3.17. The van der Waals surface area contributed by atoms with Crippen molar-refractivity contribution < 1.29 is 14.3 Å². The molecular weight excluding hydrogens is 292 g/mol. The molecule has 0 bridgehead atoms. The molecule has 0 radical (unpaired) electrons. The van der Waals surface area contributed by atoms with Crippen molar-refractivity contribution in [3.63, 3.8) is 0 Å². The Bertz CT molecular complexity index is 709. The zero-order valence-electron chi connectivity index (χ0n) is 12.8. The van der Waals surface area contributed by atoms with Crippen LogP contribution in [0, 0.1) is 0 Å². The van der Waals surface area contributed by atoms with Crippen molar-refractivity contribution in [2.45, 2.75) is 25.2 Å². The molecule has 3 heterocycles. The third kappa shape index (κ3) is 2.68. The van der Waals surface area contributed by atoms with Gasteiger partial charge in [0.2, 0.25) is 12.2 Å². The van der Waals surface area contributed by atoms with E-state index in [4.69, 9.17) is 9.47 Å². The number of benzene rings is 1. The molecule has 2 aliphatic rings. The molecule has 0 unspecified atom stereocenters. The van der Waals surface area contributed by atoms with Gasteiger partial charge in [0.25, 0.3) is 0 Å². The van der Waals surface area contributed by atoms with E-state index in [0.717, 1.165) is 28.8 Å². The van der Waals surface area contributed by atoms with E-state index in [1.54, 1.807) is 17.3 Å². The minimum Gasteiger partial charge on any atom is -0.462 e. The van der Waals surface area contributed by atoms with Crippen LogP contribution in [-0.4, -0.2) is 35.2 Å². The first kappa shape index (κ1) is 14.2. The molecule has 0 N–H and O–H groups in total. The minimum atomic E-state index is -0.579. The number of nitrogens with zero attached hydrogens (tertiary/aromatic N) is 2. The van der Waals surface area contributed by atoms with Crippen LogP contribution in [0.1, 0.15) is 18.4 Å².